The summed E-state index contributed by atoms with van der Waals surface area (Å²) in [5, 5.41) is 22.3. The van der Waals surface area contributed by atoms with Gasteiger partial charge in [-0.05, 0) is 42.8 Å². The Kier molecular flexibility index (Phi) is 7.19. The molecule has 0 heterocycles. The molecule has 0 unspecified atom stereocenters. The molecule has 9 nitrogen and oxygen atoms in total. The summed E-state index contributed by atoms with van der Waals surface area (Å²) in [6.07, 6.45) is -0.0374. The molecule has 1 amide bonds. The number of anilines is 1. The van der Waals surface area contributed by atoms with Gasteiger partial charge in [0.2, 0.25) is 5.82 Å². The fourth-order valence-electron chi connectivity index (χ4n) is 2.26. The van der Waals surface area contributed by atoms with E-state index < -0.39 is 34.4 Å². The lowest BCUT2D eigenvalue weighted by atomic mass is 10.1. The van der Waals surface area contributed by atoms with Crippen molar-refractivity contribution < 1.29 is 28.4 Å². The van der Waals surface area contributed by atoms with E-state index in [0.29, 0.717) is 11.3 Å². The molecular weight excluding hydrogens is 397 g/mol. The zero-order chi connectivity index (χ0) is 22.3. The number of benzene rings is 2. The third-order valence-corrected chi connectivity index (χ3v) is 3.83. The minimum atomic E-state index is -1.32. The Morgan fingerprint density at radius 3 is 2.50 bits per heavy atom. The molecule has 0 saturated heterocycles. The first kappa shape index (κ1) is 22.0. The van der Waals surface area contributed by atoms with E-state index >= 15 is 0 Å². The standard InChI is InChI=1S/C20H16FN3O6/c1-12(19(25)23-15-5-8-17(21)18(10-15)24(27)28)30-20(26)14(11-22)9-13-3-6-16(29-2)7-4-13/h3-10,12H,1-2H3,(H,23,25)/b14-9+/t12-/m0/s1. The lowest BCUT2D eigenvalue weighted by Crippen LogP contribution is -2.30. The molecule has 2 rings (SSSR count). The fraction of sp³-hybridized carbons (Fsp3) is 0.150. The van der Waals surface area contributed by atoms with Crippen LogP contribution in [0, 0.1) is 27.3 Å². The van der Waals surface area contributed by atoms with Crippen LogP contribution < -0.4 is 10.1 Å². The number of ether oxygens (including phenoxy) is 2. The molecule has 0 aliphatic carbocycles. The van der Waals surface area contributed by atoms with Gasteiger partial charge in [-0.2, -0.15) is 9.65 Å². The third kappa shape index (κ3) is 5.62. The van der Waals surface area contributed by atoms with E-state index in [1.165, 1.54) is 20.1 Å². The Balaban J connectivity index is 2.07. The normalized spacial score (nSPS) is 11.7. The molecule has 0 spiro atoms. The highest BCUT2D eigenvalue weighted by Crippen LogP contribution is 2.22. The summed E-state index contributed by atoms with van der Waals surface area (Å²) in [7, 11) is 1.50. The number of halogens is 1. The number of methoxy groups -OCH3 is 1. The maximum atomic E-state index is 13.4. The Morgan fingerprint density at radius 2 is 1.93 bits per heavy atom. The monoisotopic (exact) mass is 413 g/mol. The number of nitriles is 1. The summed E-state index contributed by atoms with van der Waals surface area (Å²) in [5.74, 6) is -2.30. The lowest BCUT2D eigenvalue weighted by Gasteiger charge is -2.13. The van der Waals surface area contributed by atoms with Crippen LogP contribution in [0.2, 0.25) is 0 Å². The van der Waals surface area contributed by atoms with Gasteiger partial charge in [-0.25, -0.2) is 4.79 Å². The van der Waals surface area contributed by atoms with Crippen LogP contribution in [0.15, 0.2) is 48.0 Å². The number of nitrogens with one attached hydrogen (secondary N) is 1. The van der Waals surface area contributed by atoms with Gasteiger partial charge in [0.15, 0.2) is 6.10 Å². The molecule has 1 atom stereocenters. The van der Waals surface area contributed by atoms with Gasteiger partial charge < -0.3 is 14.8 Å². The molecule has 1 N–H and O–H groups in total. The van der Waals surface area contributed by atoms with Crippen molar-refractivity contribution in [1.29, 1.82) is 5.26 Å². The van der Waals surface area contributed by atoms with E-state index in [9.17, 15) is 29.4 Å². The van der Waals surface area contributed by atoms with E-state index in [1.807, 2.05) is 0 Å². The molecule has 2 aromatic carbocycles. The number of hydrogen-bond donors (Lipinski definition) is 1. The van der Waals surface area contributed by atoms with Crippen molar-refractivity contribution >= 4 is 29.3 Å². The second kappa shape index (κ2) is 9.79. The number of esters is 1. The van der Waals surface area contributed by atoms with Gasteiger partial charge in [-0.3, -0.25) is 14.9 Å². The molecule has 0 aliphatic rings. The Hall–Kier alpha value is -4.26. The lowest BCUT2D eigenvalue weighted by molar-refractivity contribution is -0.387. The predicted octanol–water partition coefficient (Wildman–Crippen LogP) is 3.22. The van der Waals surface area contributed by atoms with Crippen LogP contribution in [0.3, 0.4) is 0 Å². The van der Waals surface area contributed by atoms with Crippen molar-refractivity contribution in [2.75, 3.05) is 12.4 Å². The molecule has 0 bridgehead atoms. The minimum absolute atomic E-state index is 0.0507. The quantitative estimate of drug-likeness (QED) is 0.242. The smallest absolute Gasteiger partial charge is 0.349 e. The van der Waals surface area contributed by atoms with Gasteiger partial charge in [0.1, 0.15) is 17.4 Å². The predicted molar refractivity (Wildman–Crippen MR) is 104 cm³/mol. The van der Waals surface area contributed by atoms with E-state index in [0.717, 1.165) is 18.2 Å². The van der Waals surface area contributed by atoms with Gasteiger partial charge >= 0.3 is 11.7 Å². The summed E-state index contributed by atoms with van der Waals surface area (Å²) in [6.45, 7) is 1.26. The topological polar surface area (TPSA) is 132 Å². The number of rotatable bonds is 7. The van der Waals surface area contributed by atoms with Crippen LogP contribution >= 0.6 is 0 Å². The molecular formula is C20H16FN3O6. The molecule has 30 heavy (non-hydrogen) atoms. The van der Waals surface area contributed by atoms with Crippen LogP contribution in [0.1, 0.15) is 12.5 Å². The maximum absolute atomic E-state index is 13.4. The fourth-order valence-corrected chi connectivity index (χ4v) is 2.26. The number of hydrogen-bond acceptors (Lipinski definition) is 7. The van der Waals surface area contributed by atoms with Gasteiger partial charge in [0.25, 0.3) is 5.91 Å². The van der Waals surface area contributed by atoms with E-state index in [4.69, 9.17) is 9.47 Å². The first-order valence-corrected chi connectivity index (χ1v) is 8.46. The van der Waals surface area contributed by atoms with Crippen molar-refractivity contribution in [2.24, 2.45) is 0 Å². The van der Waals surface area contributed by atoms with Crippen molar-refractivity contribution in [1.82, 2.24) is 0 Å². The second-order valence-electron chi connectivity index (χ2n) is 5.90. The molecule has 0 radical (unpaired) electrons. The van der Waals surface area contributed by atoms with Crippen LogP contribution in [-0.4, -0.2) is 30.0 Å². The summed E-state index contributed by atoms with van der Waals surface area (Å²) in [4.78, 5) is 34.2. The summed E-state index contributed by atoms with van der Waals surface area (Å²) < 4.78 is 23.4. The molecule has 0 aromatic heterocycles. The van der Waals surface area contributed by atoms with Gasteiger partial charge in [0, 0.05) is 11.8 Å². The summed E-state index contributed by atoms with van der Waals surface area (Å²) >= 11 is 0. The van der Waals surface area contributed by atoms with E-state index in [-0.39, 0.29) is 11.3 Å². The highest BCUT2D eigenvalue weighted by atomic mass is 19.1. The molecule has 0 aliphatic heterocycles. The van der Waals surface area contributed by atoms with Crippen molar-refractivity contribution in [3.63, 3.8) is 0 Å². The number of carbonyl (C=O) groups excluding carboxylic acids is 2. The van der Waals surface area contributed by atoms with E-state index in [2.05, 4.69) is 5.32 Å². The SMILES string of the molecule is COc1ccc(/C=C(\C#N)C(=O)O[C@@H](C)C(=O)Nc2ccc(F)c([N+](=O)[O-])c2)cc1. The van der Waals surface area contributed by atoms with Crippen LogP contribution in [0.25, 0.3) is 6.08 Å². The average Bonchev–Trinajstić information content (AvgIpc) is 2.73. The minimum Gasteiger partial charge on any atom is -0.497 e. The van der Waals surface area contributed by atoms with Crippen LogP contribution in [0.4, 0.5) is 15.8 Å². The summed E-state index contributed by atoms with van der Waals surface area (Å²) in [5.41, 5.74) is -0.658. The number of carbonyl (C=O) groups is 2. The van der Waals surface area contributed by atoms with Gasteiger partial charge in [-0.1, -0.05) is 12.1 Å². The highest BCUT2D eigenvalue weighted by molar-refractivity contribution is 6.01. The molecule has 0 fully saturated rings. The highest BCUT2D eigenvalue weighted by Gasteiger charge is 2.22. The number of amides is 1. The zero-order valence-corrected chi connectivity index (χ0v) is 15.9. The Bertz CT molecular complexity index is 1040. The van der Waals surface area contributed by atoms with Crippen molar-refractivity contribution in [2.45, 2.75) is 13.0 Å². The third-order valence-electron chi connectivity index (χ3n) is 3.83. The molecule has 10 heteroatoms. The molecule has 2 aromatic rings. The average molecular weight is 413 g/mol. The zero-order valence-electron chi connectivity index (χ0n) is 15.9. The Labute approximate surface area is 170 Å². The number of nitro groups is 1. The molecule has 154 valence electrons. The van der Waals surface area contributed by atoms with Crippen LogP contribution in [0.5, 0.6) is 5.75 Å². The van der Waals surface area contributed by atoms with Crippen molar-refractivity contribution in [3.05, 3.63) is 69.5 Å². The number of nitro benzene ring substituents is 1. The van der Waals surface area contributed by atoms with E-state index in [1.54, 1.807) is 30.3 Å². The van der Waals surface area contributed by atoms with Gasteiger partial charge in [-0.15, -0.1) is 0 Å². The van der Waals surface area contributed by atoms with Gasteiger partial charge in [0.05, 0.1) is 12.0 Å². The second-order valence-corrected chi connectivity index (χ2v) is 5.90. The van der Waals surface area contributed by atoms with Crippen molar-refractivity contribution in [3.8, 4) is 11.8 Å². The largest absolute Gasteiger partial charge is 0.497 e. The first-order chi connectivity index (χ1) is 14.2. The molecule has 0 saturated carbocycles. The summed E-state index contributed by atoms with van der Waals surface area (Å²) in [6, 6.07) is 11.0. The first-order valence-electron chi connectivity index (χ1n) is 8.46. The maximum Gasteiger partial charge on any atom is 0.349 e. The number of nitrogens with zero attached hydrogens (tertiary/aromatic N) is 2. The Morgan fingerprint density at radius 1 is 1.27 bits per heavy atom. The van der Waals surface area contributed by atoms with Crippen LogP contribution in [-0.2, 0) is 14.3 Å².